The third-order valence-electron chi connectivity index (χ3n) is 1.62. The van der Waals surface area contributed by atoms with Gasteiger partial charge in [0.05, 0.1) is 6.20 Å². The average Bonchev–Trinajstić information content (AvgIpc) is 2.75. The molecule has 0 saturated carbocycles. The van der Waals surface area contributed by atoms with Gasteiger partial charge in [-0.05, 0) is 6.92 Å². The van der Waals surface area contributed by atoms with E-state index in [4.69, 9.17) is 0 Å². The number of rotatable bonds is 3. The van der Waals surface area contributed by atoms with Crippen molar-refractivity contribution in [3.05, 3.63) is 21.6 Å². The smallest absolute Gasteiger partial charge is 0.306 e. The van der Waals surface area contributed by atoms with Crippen LogP contribution in [0.4, 0.5) is 5.00 Å². The van der Waals surface area contributed by atoms with Gasteiger partial charge in [0, 0.05) is 17.2 Å². The van der Waals surface area contributed by atoms with Crippen molar-refractivity contribution in [1.29, 1.82) is 0 Å². The van der Waals surface area contributed by atoms with Gasteiger partial charge in [0.2, 0.25) is 0 Å². The van der Waals surface area contributed by atoms with E-state index in [2.05, 4.69) is 19.3 Å². The monoisotopic (exact) mass is 278 g/mol. The van der Waals surface area contributed by atoms with Gasteiger partial charge in [-0.3, -0.25) is 9.52 Å². The summed E-state index contributed by atoms with van der Waals surface area (Å²) >= 11 is 1.57. The van der Waals surface area contributed by atoms with E-state index in [0.29, 0.717) is 22.0 Å². The lowest BCUT2D eigenvalue weighted by Crippen LogP contribution is -2.11. The van der Waals surface area contributed by atoms with E-state index in [0.717, 1.165) is 11.5 Å². The molecule has 16 heavy (non-hydrogen) atoms. The highest BCUT2D eigenvalue weighted by molar-refractivity contribution is 7.94. The minimum absolute atomic E-state index is 0.0223. The summed E-state index contributed by atoms with van der Waals surface area (Å²) in [5, 5.41) is 3.81. The first-order valence-electron chi connectivity index (χ1n) is 3.99. The van der Waals surface area contributed by atoms with Gasteiger partial charge in [-0.15, -0.1) is 5.10 Å². The van der Waals surface area contributed by atoms with Crippen molar-refractivity contribution in [1.82, 2.24) is 14.6 Å². The van der Waals surface area contributed by atoms with Crippen LogP contribution in [0.25, 0.3) is 0 Å². The zero-order chi connectivity index (χ0) is 11.8. The second-order valence-corrected chi connectivity index (χ2v) is 6.46. The maximum absolute atomic E-state index is 11.8. The molecule has 2 aromatic heterocycles. The third-order valence-corrected chi connectivity index (χ3v) is 5.30. The molecule has 0 spiro atoms. The van der Waals surface area contributed by atoms with Crippen LogP contribution in [0, 0.1) is 6.92 Å². The second-order valence-electron chi connectivity index (χ2n) is 2.81. The second kappa shape index (κ2) is 3.96. The summed E-state index contributed by atoms with van der Waals surface area (Å²) in [6.45, 7) is 1.53. The standard InChI is InChI=1S/C6H6N4O3S3/c1-3-5(14-6(11)8-3)16(12,13)9-4-2-7-10-15-4/h2,9H,1H3,(H,8,11). The molecular weight excluding hydrogens is 272 g/mol. The van der Waals surface area contributed by atoms with Gasteiger partial charge in [0.1, 0.15) is 5.00 Å². The lowest BCUT2D eigenvalue weighted by atomic mass is 10.6. The Morgan fingerprint density at radius 2 is 2.25 bits per heavy atom. The predicted octanol–water partition coefficient (Wildman–Crippen LogP) is 0.397. The van der Waals surface area contributed by atoms with Crippen LogP contribution in [0.3, 0.4) is 0 Å². The molecule has 2 heterocycles. The minimum atomic E-state index is -3.73. The number of aryl methyl sites for hydroxylation is 1. The molecule has 0 aliphatic rings. The first kappa shape index (κ1) is 11.2. The summed E-state index contributed by atoms with van der Waals surface area (Å²) in [7, 11) is -3.73. The number of hydrogen-bond acceptors (Lipinski definition) is 7. The first-order chi connectivity index (χ1) is 7.49. The van der Waals surface area contributed by atoms with Crippen molar-refractivity contribution in [3.8, 4) is 0 Å². The van der Waals surface area contributed by atoms with Gasteiger partial charge in [0.25, 0.3) is 10.0 Å². The molecule has 2 aromatic rings. The van der Waals surface area contributed by atoms with Crippen LogP contribution in [-0.2, 0) is 10.0 Å². The molecule has 0 radical (unpaired) electrons. The van der Waals surface area contributed by atoms with Crippen LogP contribution in [0.2, 0.25) is 0 Å². The van der Waals surface area contributed by atoms with Crippen molar-refractivity contribution >= 4 is 37.9 Å². The fourth-order valence-electron chi connectivity index (χ4n) is 1.04. The molecule has 86 valence electrons. The molecule has 2 N–H and O–H groups in total. The van der Waals surface area contributed by atoms with Gasteiger partial charge < -0.3 is 4.98 Å². The van der Waals surface area contributed by atoms with E-state index in [1.54, 1.807) is 0 Å². The highest BCUT2D eigenvalue weighted by atomic mass is 32.2. The maximum atomic E-state index is 11.8. The Morgan fingerprint density at radius 3 is 2.75 bits per heavy atom. The topological polar surface area (TPSA) is 105 Å². The average molecular weight is 278 g/mol. The van der Waals surface area contributed by atoms with Crippen molar-refractivity contribution < 1.29 is 8.42 Å². The van der Waals surface area contributed by atoms with Crippen LogP contribution >= 0.6 is 22.9 Å². The predicted molar refractivity (Wildman–Crippen MR) is 60.4 cm³/mol. The number of nitrogens with one attached hydrogen (secondary N) is 2. The summed E-state index contributed by atoms with van der Waals surface area (Å²) in [6.07, 6.45) is 1.30. The number of nitrogens with zero attached hydrogens (tertiary/aromatic N) is 2. The molecule has 0 unspecified atom stereocenters. The molecule has 0 bridgehead atoms. The highest BCUT2D eigenvalue weighted by Crippen LogP contribution is 2.21. The van der Waals surface area contributed by atoms with Gasteiger partial charge in [-0.2, -0.15) is 0 Å². The van der Waals surface area contributed by atoms with Crippen molar-refractivity contribution in [3.63, 3.8) is 0 Å². The zero-order valence-electron chi connectivity index (χ0n) is 7.92. The fourth-order valence-corrected chi connectivity index (χ4v) is 4.02. The Morgan fingerprint density at radius 1 is 1.50 bits per heavy atom. The molecule has 0 amide bonds. The summed E-state index contributed by atoms with van der Waals surface area (Å²) in [6, 6.07) is 0. The largest absolute Gasteiger partial charge is 0.315 e. The summed E-state index contributed by atoms with van der Waals surface area (Å²) < 4.78 is 29.4. The maximum Gasteiger partial charge on any atom is 0.306 e. The number of hydrogen-bond donors (Lipinski definition) is 2. The molecule has 0 atom stereocenters. The van der Waals surface area contributed by atoms with E-state index in [1.807, 2.05) is 0 Å². The summed E-state index contributed by atoms with van der Waals surface area (Å²) in [4.78, 5) is 13.0. The third kappa shape index (κ3) is 2.13. The molecular formula is C6H6N4O3S3. The molecule has 2 rings (SSSR count). The normalized spacial score (nSPS) is 11.6. The lowest BCUT2D eigenvalue weighted by molar-refractivity contribution is 0.602. The molecule has 10 heteroatoms. The van der Waals surface area contributed by atoms with E-state index >= 15 is 0 Å². The Hall–Kier alpha value is -1.26. The molecule has 0 aliphatic heterocycles. The van der Waals surface area contributed by atoms with E-state index < -0.39 is 14.9 Å². The number of thiazole rings is 1. The molecule has 0 fully saturated rings. The Labute approximate surface area is 98.4 Å². The molecule has 7 nitrogen and oxygen atoms in total. The molecule has 0 saturated heterocycles. The van der Waals surface area contributed by atoms with Gasteiger partial charge in [0.15, 0.2) is 4.21 Å². The number of sulfonamides is 1. The van der Waals surface area contributed by atoms with Crippen molar-refractivity contribution in [2.75, 3.05) is 4.72 Å². The number of anilines is 1. The Balaban J connectivity index is 2.40. The minimum Gasteiger partial charge on any atom is -0.315 e. The van der Waals surface area contributed by atoms with Gasteiger partial charge in [-0.1, -0.05) is 15.8 Å². The van der Waals surface area contributed by atoms with E-state index in [-0.39, 0.29) is 4.21 Å². The molecule has 0 aliphatic carbocycles. The molecule has 0 aromatic carbocycles. The van der Waals surface area contributed by atoms with Crippen LogP contribution in [0.5, 0.6) is 0 Å². The number of aromatic amines is 1. The van der Waals surface area contributed by atoms with Crippen LogP contribution in [-0.4, -0.2) is 23.0 Å². The van der Waals surface area contributed by atoms with Gasteiger partial charge >= 0.3 is 4.87 Å². The van der Waals surface area contributed by atoms with Gasteiger partial charge in [-0.25, -0.2) is 8.42 Å². The first-order valence-corrected chi connectivity index (χ1v) is 7.06. The highest BCUT2D eigenvalue weighted by Gasteiger charge is 2.21. The number of H-pyrrole nitrogens is 1. The van der Waals surface area contributed by atoms with Crippen LogP contribution in [0.15, 0.2) is 15.2 Å². The van der Waals surface area contributed by atoms with E-state index in [1.165, 1.54) is 13.1 Å². The van der Waals surface area contributed by atoms with Crippen LogP contribution in [0.1, 0.15) is 5.69 Å². The van der Waals surface area contributed by atoms with Crippen LogP contribution < -0.4 is 9.60 Å². The van der Waals surface area contributed by atoms with Crippen molar-refractivity contribution in [2.45, 2.75) is 11.1 Å². The SMILES string of the molecule is Cc1[nH]c(=O)sc1S(=O)(=O)Nc1cnns1. The zero-order valence-corrected chi connectivity index (χ0v) is 10.4. The Kier molecular flexibility index (Phi) is 2.78. The lowest BCUT2D eigenvalue weighted by Gasteiger charge is -2.02. The fraction of sp³-hybridized carbons (Fsp3) is 0.167. The quantitative estimate of drug-likeness (QED) is 0.845. The van der Waals surface area contributed by atoms with Crippen molar-refractivity contribution in [2.24, 2.45) is 0 Å². The Bertz CT molecular complexity index is 639. The van der Waals surface area contributed by atoms with E-state index in [9.17, 15) is 13.2 Å². The summed E-state index contributed by atoms with van der Waals surface area (Å²) in [5.74, 6) is 0. The summed E-state index contributed by atoms with van der Waals surface area (Å²) in [5.41, 5.74) is 0.319. The number of aromatic nitrogens is 3.